The first-order valence-corrected chi connectivity index (χ1v) is 5.38. The first-order valence-electron chi connectivity index (χ1n) is 4.43. The molecule has 5 heteroatoms. The molecule has 0 aromatic carbocycles. The number of imidazole rings is 1. The lowest BCUT2D eigenvalue weighted by Gasteiger charge is -1.99. The van der Waals surface area contributed by atoms with Crippen molar-refractivity contribution < 1.29 is 0 Å². The van der Waals surface area contributed by atoms with Gasteiger partial charge in [-0.25, -0.2) is 9.78 Å². The molecular formula is C10H7N3OS. The van der Waals surface area contributed by atoms with Gasteiger partial charge in [-0.2, -0.15) is 11.3 Å². The minimum atomic E-state index is -0.165. The van der Waals surface area contributed by atoms with E-state index in [9.17, 15) is 4.79 Å². The van der Waals surface area contributed by atoms with Gasteiger partial charge in [0.15, 0.2) is 0 Å². The third-order valence-electron chi connectivity index (χ3n) is 2.27. The van der Waals surface area contributed by atoms with Crippen LogP contribution in [0.4, 0.5) is 0 Å². The maximum atomic E-state index is 11.4. The first kappa shape index (κ1) is 8.43. The number of thiophene rings is 1. The highest BCUT2D eigenvalue weighted by Crippen LogP contribution is 2.23. The van der Waals surface area contributed by atoms with Crippen LogP contribution in [0, 0.1) is 0 Å². The number of nitrogens with one attached hydrogen (secondary N) is 1. The second-order valence-electron chi connectivity index (χ2n) is 3.14. The highest BCUT2D eigenvalue weighted by atomic mass is 32.1. The Kier molecular flexibility index (Phi) is 1.72. The molecule has 0 aliphatic heterocycles. The summed E-state index contributed by atoms with van der Waals surface area (Å²) in [7, 11) is 0. The summed E-state index contributed by atoms with van der Waals surface area (Å²) in [5, 5.41) is 4.03. The van der Waals surface area contributed by atoms with Crippen molar-refractivity contribution in [2.24, 2.45) is 0 Å². The van der Waals surface area contributed by atoms with Crippen molar-refractivity contribution in [1.29, 1.82) is 0 Å². The summed E-state index contributed by atoms with van der Waals surface area (Å²) >= 11 is 1.62. The Morgan fingerprint density at radius 2 is 2.40 bits per heavy atom. The van der Waals surface area contributed by atoms with Crippen molar-refractivity contribution in [2.45, 2.75) is 0 Å². The van der Waals surface area contributed by atoms with E-state index in [-0.39, 0.29) is 5.69 Å². The van der Waals surface area contributed by atoms with Crippen molar-refractivity contribution in [3.63, 3.8) is 0 Å². The van der Waals surface area contributed by atoms with Crippen LogP contribution in [0.2, 0.25) is 0 Å². The molecule has 0 saturated heterocycles. The lowest BCUT2D eigenvalue weighted by Crippen LogP contribution is -2.14. The monoisotopic (exact) mass is 217 g/mol. The predicted octanol–water partition coefficient (Wildman–Crippen LogP) is 1.75. The summed E-state index contributed by atoms with van der Waals surface area (Å²) in [4.78, 5) is 18.3. The first-order chi connectivity index (χ1) is 7.36. The van der Waals surface area contributed by atoms with Gasteiger partial charge in [0.2, 0.25) is 0 Å². The number of H-pyrrole nitrogens is 1. The van der Waals surface area contributed by atoms with E-state index in [1.54, 1.807) is 29.9 Å². The number of aromatic nitrogens is 3. The van der Waals surface area contributed by atoms with Gasteiger partial charge in [-0.15, -0.1) is 0 Å². The number of nitrogens with zero attached hydrogens (tertiary/aromatic N) is 2. The van der Waals surface area contributed by atoms with Gasteiger partial charge >= 0.3 is 5.69 Å². The Hall–Kier alpha value is -1.88. The Morgan fingerprint density at radius 3 is 3.20 bits per heavy atom. The van der Waals surface area contributed by atoms with Crippen LogP contribution in [0.3, 0.4) is 0 Å². The molecule has 74 valence electrons. The second kappa shape index (κ2) is 3.06. The molecular weight excluding hydrogens is 210 g/mol. The lowest BCUT2D eigenvalue weighted by molar-refractivity contribution is 1.01. The van der Waals surface area contributed by atoms with Gasteiger partial charge in [0.25, 0.3) is 0 Å². The molecule has 1 N–H and O–H groups in total. The molecule has 0 aliphatic rings. The number of rotatable bonds is 1. The average molecular weight is 217 g/mol. The number of hydrogen-bond donors (Lipinski definition) is 1. The van der Waals surface area contributed by atoms with Crippen molar-refractivity contribution in [3.8, 4) is 11.1 Å². The van der Waals surface area contributed by atoms with Gasteiger partial charge in [0, 0.05) is 24.2 Å². The largest absolute Gasteiger partial charge is 0.331 e. The van der Waals surface area contributed by atoms with Gasteiger partial charge in [-0.05, 0) is 22.4 Å². The van der Waals surface area contributed by atoms with Crippen LogP contribution in [-0.4, -0.2) is 14.4 Å². The molecule has 0 amide bonds. The van der Waals surface area contributed by atoms with Crippen molar-refractivity contribution in [2.75, 3.05) is 0 Å². The summed E-state index contributed by atoms with van der Waals surface area (Å²) in [6.45, 7) is 0. The van der Waals surface area contributed by atoms with Crippen molar-refractivity contribution in [3.05, 3.63) is 45.9 Å². The van der Waals surface area contributed by atoms with Crippen LogP contribution < -0.4 is 5.69 Å². The van der Waals surface area contributed by atoms with E-state index < -0.39 is 0 Å². The van der Waals surface area contributed by atoms with E-state index in [1.165, 1.54) is 4.40 Å². The number of hydrogen-bond acceptors (Lipinski definition) is 3. The Labute approximate surface area is 88.8 Å². The van der Waals surface area contributed by atoms with E-state index in [0.29, 0.717) is 5.65 Å². The van der Waals surface area contributed by atoms with Gasteiger partial charge in [-0.3, -0.25) is 4.40 Å². The standard InChI is InChI=1S/C10H7N3OS/c14-10-12-5-8(7-1-4-15-6-7)9-11-2-3-13(9)10/h1-6H,(H,12,14). The van der Waals surface area contributed by atoms with Crippen molar-refractivity contribution >= 4 is 17.0 Å². The van der Waals surface area contributed by atoms with Crippen molar-refractivity contribution in [1.82, 2.24) is 14.4 Å². The fourth-order valence-electron chi connectivity index (χ4n) is 1.56. The fourth-order valence-corrected chi connectivity index (χ4v) is 2.22. The van der Waals surface area contributed by atoms with E-state index in [1.807, 2.05) is 16.8 Å². The number of aromatic amines is 1. The van der Waals surface area contributed by atoms with E-state index >= 15 is 0 Å². The highest BCUT2D eigenvalue weighted by molar-refractivity contribution is 7.08. The van der Waals surface area contributed by atoms with E-state index in [4.69, 9.17) is 0 Å². The fraction of sp³-hybridized carbons (Fsp3) is 0. The average Bonchev–Trinajstić information content (AvgIpc) is 2.88. The maximum absolute atomic E-state index is 11.4. The summed E-state index contributed by atoms with van der Waals surface area (Å²) in [6, 6.07) is 2.01. The van der Waals surface area contributed by atoms with Crippen LogP contribution in [-0.2, 0) is 0 Å². The van der Waals surface area contributed by atoms with Gasteiger partial charge in [0.1, 0.15) is 5.65 Å². The normalized spacial score (nSPS) is 10.9. The zero-order valence-corrected chi connectivity index (χ0v) is 8.49. The minimum Gasteiger partial charge on any atom is -0.313 e. The second-order valence-corrected chi connectivity index (χ2v) is 3.92. The van der Waals surface area contributed by atoms with Crippen LogP contribution in [0.25, 0.3) is 16.8 Å². The Morgan fingerprint density at radius 1 is 1.47 bits per heavy atom. The summed E-state index contributed by atoms with van der Waals surface area (Å²) in [5.41, 5.74) is 2.55. The van der Waals surface area contributed by atoms with Crippen LogP contribution in [0.15, 0.2) is 40.2 Å². The Bertz CT molecular complexity index is 651. The molecule has 0 radical (unpaired) electrons. The molecule has 0 atom stereocenters. The summed E-state index contributed by atoms with van der Waals surface area (Å²) < 4.78 is 1.51. The molecule has 3 aromatic heterocycles. The quantitative estimate of drug-likeness (QED) is 0.675. The summed E-state index contributed by atoms with van der Waals surface area (Å²) in [5.74, 6) is 0. The molecule has 4 nitrogen and oxygen atoms in total. The summed E-state index contributed by atoms with van der Waals surface area (Å²) in [6.07, 6.45) is 4.98. The molecule has 0 bridgehead atoms. The predicted molar refractivity (Wildman–Crippen MR) is 59.1 cm³/mol. The molecule has 0 spiro atoms. The molecule has 3 rings (SSSR count). The minimum absolute atomic E-state index is 0.165. The van der Waals surface area contributed by atoms with E-state index in [2.05, 4.69) is 9.97 Å². The molecule has 3 aromatic rings. The SMILES string of the molecule is O=c1[nH]cc(-c2ccsc2)c2nccn12. The van der Waals surface area contributed by atoms with Gasteiger partial charge in [-0.1, -0.05) is 0 Å². The Balaban J connectivity index is 2.42. The molecule has 0 fully saturated rings. The zero-order valence-electron chi connectivity index (χ0n) is 7.68. The highest BCUT2D eigenvalue weighted by Gasteiger charge is 2.07. The third-order valence-corrected chi connectivity index (χ3v) is 2.96. The maximum Gasteiger partial charge on any atom is 0.331 e. The molecule has 0 aliphatic carbocycles. The lowest BCUT2D eigenvalue weighted by atomic mass is 10.2. The van der Waals surface area contributed by atoms with Gasteiger partial charge < -0.3 is 4.98 Å². The topological polar surface area (TPSA) is 50.2 Å². The molecule has 15 heavy (non-hydrogen) atoms. The van der Waals surface area contributed by atoms with E-state index in [0.717, 1.165) is 11.1 Å². The number of fused-ring (bicyclic) bond motifs is 1. The van der Waals surface area contributed by atoms with Crippen LogP contribution >= 0.6 is 11.3 Å². The molecule has 0 unspecified atom stereocenters. The smallest absolute Gasteiger partial charge is 0.313 e. The molecule has 3 heterocycles. The zero-order chi connectivity index (χ0) is 10.3. The van der Waals surface area contributed by atoms with Crippen LogP contribution in [0.1, 0.15) is 0 Å². The molecule has 0 saturated carbocycles. The van der Waals surface area contributed by atoms with Crippen LogP contribution in [0.5, 0.6) is 0 Å². The third kappa shape index (κ3) is 1.20. The van der Waals surface area contributed by atoms with Gasteiger partial charge in [0.05, 0.1) is 0 Å².